The zero-order chi connectivity index (χ0) is 16.5. The largest absolute Gasteiger partial charge is 0.453 e. The molecule has 126 valence electrons. The van der Waals surface area contributed by atoms with Crippen molar-refractivity contribution in [1.29, 1.82) is 0 Å². The number of anilines is 2. The van der Waals surface area contributed by atoms with Gasteiger partial charge in [0.05, 0.1) is 11.4 Å². The van der Waals surface area contributed by atoms with E-state index in [0.717, 1.165) is 56.4 Å². The van der Waals surface area contributed by atoms with Gasteiger partial charge in [-0.05, 0) is 31.3 Å². The number of nitrogens with zero attached hydrogens (tertiary/aromatic N) is 3. The first-order valence-corrected chi connectivity index (χ1v) is 8.45. The van der Waals surface area contributed by atoms with Crippen molar-refractivity contribution in [2.75, 3.05) is 51.2 Å². The number of piperazine rings is 1. The van der Waals surface area contributed by atoms with Gasteiger partial charge in [0.25, 0.3) is 0 Å². The van der Waals surface area contributed by atoms with Crippen LogP contribution in [-0.2, 0) is 0 Å². The van der Waals surface area contributed by atoms with E-state index in [9.17, 15) is 4.39 Å². The fourth-order valence-corrected chi connectivity index (χ4v) is 3.36. The third kappa shape index (κ3) is 2.97. The summed E-state index contributed by atoms with van der Waals surface area (Å²) in [7, 11) is 2.16. The van der Waals surface area contributed by atoms with E-state index in [-0.39, 0.29) is 5.82 Å². The average Bonchev–Trinajstić information content (AvgIpc) is 2.60. The molecule has 0 amide bonds. The van der Waals surface area contributed by atoms with Gasteiger partial charge in [0.2, 0.25) is 0 Å². The summed E-state index contributed by atoms with van der Waals surface area (Å²) >= 11 is 0. The molecule has 5 heteroatoms. The van der Waals surface area contributed by atoms with Crippen LogP contribution in [0.15, 0.2) is 42.5 Å². The van der Waals surface area contributed by atoms with E-state index in [0.29, 0.717) is 5.75 Å². The number of hydrogen-bond donors (Lipinski definition) is 0. The molecule has 2 aliphatic heterocycles. The molecule has 2 aliphatic rings. The summed E-state index contributed by atoms with van der Waals surface area (Å²) in [5.74, 6) is 1.31. The summed E-state index contributed by atoms with van der Waals surface area (Å²) in [5, 5.41) is 0. The molecule has 0 aliphatic carbocycles. The van der Waals surface area contributed by atoms with E-state index in [1.54, 1.807) is 12.1 Å². The summed E-state index contributed by atoms with van der Waals surface area (Å²) in [6.07, 6.45) is 0. The molecule has 2 aromatic carbocycles. The second-order valence-electron chi connectivity index (χ2n) is 6.48. The van der Waals surface area contributed by atoms with Gasteiger partial charge in [0.1, 0.15) is 5.82 Å². The second-order valence-corrected chi connectivity index (χ2v) is 6.48. The molecule has 0 aromatic heterocycles. The van der Waals surface area contributed by atoms with Crippen LogP contribution in [0, 0.1) is 5.82 Å². The van der Waals surface area contributed by atoms with Crippen LogP contribution in [0.2, 0.25) is 0 Å². The van der Waals surface area contributed by atoms with Crippen LogP contribution in [0.5, 0.6) is 11.5 Å². The van der Waals surface area contributed by atoms with Gasteiger partial charge in [-0.15, -0.1) is 0 Å². The van der Waals surface area contributed by atoms with E-state index in [2.05, 4.69) is 21.7 Å². The van der Waals surface area contributed by atoms with Crippen molar-refractivity contribution in [2.24, 2.45) is 0 Å². The van der Waals surface area contributed by atoms with E-state index in [1.807, 2.05) is 24.3 Å². The van der Waals surface area contributed by atoms with Crippen LogP contribution in [0.25, 0.3) is 0 Å². The third-order valence-electron chi connectivity index (χ3n) is 4.82. The number of ether oxygens (including phenoxy) is 1. The lowest BCUT2D eigenvalue weighted by molar-refractivity contribution is 0.157. The zero-order valence-corrected chi connectivity index (χ0v) is 13.9. The van der Waals surface area contributed by atoms with Gasteiger partial charge in [-0.25, -0.2) is 4.39 Å². The van der Waals surface area contributed by atoms with Crippen LogP contribution in [-0.4, -0.2) is 56.1 Å². The standard InChI is InChI=1S/C19H22FN3O/c1-21-8-10-22(11-9-21)12-13-23-16-4-2-3-5-18(16)24-19-7-6-15(20)14-17(19)23/h2-7,14H,8-13H2,1H3. The maximum Gasteiger partial charge on any atom is 0.151 e. The minimum atomic E-state index is -0.235. The highest BCUT2D eigenvalue weighted by atomic mass is 19.1. The Hall–Kier alpha value is -2.11. The molecule has 0 N–H and O–H groups in total. The molecule has 0 radical (unpaired) electrons. The quantitative estimate of drug-likeness (QED) is 0.861. The lowest BCUT2D eigenvalue weighted by atomic mass is 10.1. The lowest BCUT2D eigenvalue weighted by Crippen LogP contribution is -2.46. The SMILES string of the molecule is CN1CCN(CCN2c3ccccc3Oc3ccc(F)cc32)CC1. The molecule has 0 spiro atoms. The van der Waals surface area contributed by atoms with Crippen molar-refractivity contribution in [2.45, 2.75) is 0 Å². The van der Waals surface area contributed by atoms with Gasteiger partial charge in [-0.3, -0.25) is 4.90 Å². The first kappa shape index (κ1) is 15.4. The fraction of sp³-hybridized carbons (Fsp3) is 0.368. The third-order valence-corrected chi connectivity index (χ3v) is 4.82. The number of fused-ring (bicyclic) bond motifs is 2. The number of rotatable bonds is 3. The second kappa shape index (κ2) is 6.42. The molecule has 24 heavy (non-hydrogen) atoms. The summed E-state index contributed by atoms with van der Waals surface area (Å²) in [6.45, 7) is 6.14. The number of hydrogen-bond acceptors (Lipinski definition) is 4. The smallest absolute Gasteiger partial charge is 0.151 e. The summed E-state index contributed by atoms with van der Waals surface area (Å²) in [6, 6.07) is 12.7. The molecular formula is C19H22FN3O. The van der Waals surface area contributed by atoms with Crippen LogP contribution >= 0.6 is 0 Å². The van der Waals surface area contributed by atoms with Crippen molar-refractivity contribution in [3.05, 3.63) is 48.3 Å². The molecule has 2 aromatic rings. The number of likely N-dealkylation sites (N-methyl/N-ethyl adjacent to an activating group) is 1. The van der Waals surface area contributed by atoms with Crippen molar-refractivity contribution >= 4 is 11.4 Å². The van der Waals surface area contributed by atoms with Crippen molar-refractivity contribution < 1.29 is 9.13 Å². The number of halogens is 1. The molecule has 0 saturated carbocycles. The summed E-state index contributed by atoms with van der Waals surface area (Å²) in [5.41, 5.74) is 1.81. The van der Waals surface area contributed by atoms with Crippen molar-refractivity contribution in [3.63, 3.8) is 0 Å². The Morgan fingerprint density at radius 3 is 2.50 bits per heavy atom. The zero-order valence-electron chi connectivity index (χ0n) is 13.9. The fourth-order valence-electron chi connectivity index (χ4n) is 3.36. The van der Waals surface area contributed by atoms with Gasteiger partial charge >= 0.3 is 0 Å². The molecule has 0 atom stereocenters. The average molecular weight is 327 g/mol. The Bertz CT molecular complexity index is 728. The van der Waals surface area contributed by atoms with Crippen LogP contribution < -0.4 is 9.64 Å². The van der Waals surface area contributed by atoms with Gasteiger partial charge in [0, 0.05) is 45.3 Å². The van der Waals surface area contributed by atoms with Gasteiger partial charge < -0.3 is 14.5 Å². The number of para-hydroxylation sites is 2. The van der Waals surface area contributed by atoms with Crippen molar-refractivity contribution in [1.82, 2.24) is 9.80 Å². The first-order chi connectivity index (χ1) is 11.7. The van der Waals surface area contributed by atoms with E-state index < -0.39 is 0 Å². The van der Waals surface area contributed by atoms with Crippen LogP contribution in [0.3, 0.4) is 0 Å². The minimum Gasteiger partial charge on any atom is -0.453 e. The molecule has 2 heterocycles. The molecular weight excluding hydrogens is 305 g/mol. The Morgan fingerprint density at radius 1 is 0.917 bits per heavy atom. The summed E-state index contributed by atoms with van der Waals surface area (Å²) in [4.78, 5) is 7.00. The predicted molar refractivity (Wildman–Crippen MR) is 93.9 cm³/mol. The van der Waals surface area contributed by atoms with Crippen LogP contribution in [0.4, 0.5) is 15.8 Å². The Labute approximate surface area is 142 Å². The predicted octanol–water partition coefficient (Wildman–Crippen LogP) is 3.32. The van der Waals surface area contributed by atoms with E-state index >= 15 is 0 Å². The topological polar surface area (TPSA) is 19.0 Å². The van der Waals surface area contributed by atoms with E-state index in [4.69, 9.17) is 4.74 Å². The molecule has 0 unspecified atom stereocenters. The maximum atomic E-state index is 13.8. The Kier molecular flexibility index (Phi) is 4.12. The molecule has 0 bridgehead atoms. The monoisotopic (exact) mass is 327 g/mol. The molecule has 1 saturated heterocycles. The number of benzene rings is 2. The summed E-state index contributed by atoms with van der Waals surface area (Å²) < 4.78 is 19.7. The van der Waals surface area contributed by atoms with Gasteiger partial charge in [-0.2, -0.15) is 0 Å². The maximum absolute atomic E-state index is 13.8. The highest BCUT2D eigenvalue weighted by Crippen LogP contribution is 2.46. The van der Waals surface area contributed by atoms with Gasteiger partial charge in [0.15, 0.2) is 11.5 Å². The highest BCUT2D eigenvalue weighted by Gasteiger charge is 2.25. The molecule has 4 nitrogen and oxygen atoms in total. The Balaban J connectivity index is 1.58. The molecule has 4 rings (SSSR count). The highest BCUT2D eigenvalue weighted by molar-refractivity contribution is 5.77. The van der Waals surface area contributed by atoms with Crippen LogP contribution in [0.1, 0.15) is 0 Å². The molecule has 1 fully saturated rings. The minimum absolute atomic E-state index is 0.235. The first-order valence-electron chi connectivity index (χ1n) is 8.45. The lowest BCUT2D eigenvalue weighted by Gasteiger charge is -2.36. The van der Waals surface area contributed by atoms with E-state index in [1.165, 1.54) is 6.07 Å². The Morgan fingerprint density at radius 2 is 1.67 bits per heavy atom. The normalized spacial score (nSPS) is 18.0. The van der Waals surface area contributed by atoms with Crippen molar-refractivity contribution in [3.8, 4) is 11.5 Å². The van der Waals surface area contributed by atoms with Gasteiger partial charge in [-0.1, -0.05) is 12.1 Å².